The number of aryl methyl sites for hydroxylation is 2. The van der Waals surface area contributed by atoms with Gasteiger partial charge in [0.1, 0.15) is 23.9 Å². The fraction of sp³-hybridized carbons (Fsp3) is 0.294. The van der Waals surface area contributed by atoms with Crippen molar-refractivity contribution in [3.05, 3.63) is 53.6 Å². The van der Waals surface area contributed by atoms with E-state index in [1.54, 1.807) is 43.5 Å². The van der Waals surface area contributed by atoms with Crippen LogP contribution in [0.25, 0.3) is 0 Å². The Balaban J connectivity index is 1.90. The van der Waals surface area contributed by atoms with E-state index >= 15 is 0 Å². The van der Waals surface area contributed by atoms with Gasteiger partial charge in [0.15, 0.2) is 0 Å². The van der Waals surface area contributed by atoms with Gasteiger partial charge in [-0.2, -0.15) is 0 Å². The molecule has 0 heterocycles. The molecule has 0 radical (unpaired) electrons. The van der Waals surface area contributed by atoms with Gasteiger partial charge in [-0.1, -0.05) is 6.07 Å². The first kappa shape index (κ1) is 17.1. The molecule has 0 aromatic heterocycles. The first-order chi connectivity index (χ1) is 10.9. The molecule has 0 spiro atoms. The van der Waals surface area contributed by atoms with E-state index in [2.05, 4.69) is 4.72 Å². The summed E-state index contributed by atoms with van der Waals surface area (Å²) in [6, 6.07) is 12.6. The van der Waals surface area contributed by atoms with E-state index in [9.17, 15) is 8.42 Å². The van der Waals surface area contributed by atoms with Crippen molar-refractivity contribution in [3.63, 3.8) is 0 Å². The van der Waals surface area contributed by atoms with Crippen LogP contribution in [0.15, 0.2) is 42.5 Å². The van der Waals surface area contributed by atoms with Crippen molar-refractivity contribution in [2.24, 2.45) is 0 Å². The molecule has 2 aromatic carbocycles. The molecule has 0 saturated carbocycles. The van der Waals surface area contributed by atoms with Crippen LogP contribution in [0.3, 0.4) is 0 Å². The average molecular weight is 335 g/mol. The first-order valence-corrected chi connectivity index (χ1v) is 8.89. The van der Waals surface area contributed by atoms with Crippen LogP contribution in [0.2, 0.25) is 0 Å². The molecular formula is C17H21NO4S. The Morgan fingerprint density at radius 2 is 1.52 bits per heavy atom. The van der Waals surface area contributed by atoms with Crippen molar-refractivity contribution in [2.45, 2.75) is 13.8 Å². The van der Waals surface area contributed by atoms with Crippen LogP contribution in [0.5, 0.6) is 11.5 Å². The van der Waals surface area contributed by atoms with Gasteiger partial charge in [-0.05, 0) is 61.4 Å². The van der Waals surface area contributed by atoms with Gasteiger partial charge < -0.3 is 9.47 Å². The minimum absolute atomic E-state index is 0.0759. The molecule has 0 bridgehead atoms. The van der Waals surface area contributed by atoms with E-state index in [-0.39, 0.29) is 12.4 Å². The van der Waals surface area contributed by atoms with Crippen molar-refractivity contribution < 1.29 is 17.9 Å². The summed E-state index contributed by atoms with van der Waals surface area (Å²) in [6.07, 6.45) is 0. The van der Waals surface area contributed by atoms with Crippen molar-refractivity contribution in [1.82, 2.24) is 0 Å². The molecule has 0 fully saturated rings. The van der Waals surface area contributed by atoms with Crippen molar-refractivity contribution in [2.75, 3.05) is 24.2 Å². The summed E-state index contributed by atoms with van der Waals surface area (Å²) in [5.41, 5.74) is 2.60. The highest BCUT2D eigenvalue weighted by Crippen LogP contribution is 2.18. The molecule has 6 heteroatoms. The second kappa shape index (κ2) is 7.37. The number of sulfonamides is 1. The summed E-state index contributed by atoms with van der Waals surface area (Å²) in [5.74, 6) is 1.21. The van der Waals surface area contributed by atoms with Crippen LogP contribution in [-0.2, 0) is 10.0 Å². The molecule has 0 aliphatic rings. The zero-order valence-electron chi connectivity index (χ0n) is 13.5. The van der Waals surface area contributed by atoms with Gasteiger partial charge in [0, 0.05) is 5.69 Å². The van der Waals surface area contributed by atoms with Gasteiger partial charge in [-0.15, -0.1) is 0 Å². The maximum absolute atomic E-state index is 12.1. The lowest BCUT2D eigenvalue weighted by Crippen LogP contribution is -2.21. The molecule has 0 aliphatic heterocycles. The standard InChI is InChI=1S/C17H21NO4S/c1-13-10-14(2)12-15(11-13)18-23(19,20)9-8-22-17-6-4-16(21-3)5-7-17/h4-7,10-12,18H,8-9H2,1-3H3. The third-order valence-corrected chi connectivity index (χ3v) is 4.43. The van der Waals surface area contributed by atoms with Crippen LogP contribution in [0, 0.1) is 13.8 Å². The van der Waals surface area contributed by atoms with Crippen LogP contribution < -0.4 is 14.2 Å². The predicted octanol–water partition coefficient (Wildman–Crippen LogP) is 3.13. The maximum Gasteiger partial charge on any atom is 0.236 e. The molecule has 5 nitrogen and oxygen atoms in total. The monoisotopic (exact) mass is 335 g/mol. The highest BCUT2D eigenvalue weighted by atomic mass is 32.2. The normalized spacial score (nSPS) is 11.1. The molecule has 0 aliphatic carbocycles. The van der Waals surface area contributed by atoms with Crippen LogP contribution in [-0.4, -0.2) is 27.9 Å². The Kier molecular flexibility index (Phi) is 5.50. The van der Waals surface area contributed by atoms with Crippen LogP contribution >= 0.6 is 0 Å². The highest BCUT2D eigenvalue weighted by Gasteiger charge is 2.11. The molecule has 124 valence electrons. The van der Waals surface area contributed by atoms with Gasteiger partial charge in [0.05, 0.1) is 7.11 Å². The first-order valence-electron chi connectivity index (χ1n) is 7.23. The summed E-state index contributed by atoms with van der Waals surface area (Å²) >= 11 is 0. The van der Waals surface area contributed by atoms with Crippen molar-refractivity contribution >= 4 is 15.7 Å². The Morgan fingerprint density at radius 1 is 0.957 bits per heavy atom. The third kappa shape index (κ3) is 5.49. The van der Waals surface area contributed by atoms with E-state index in [0.29, 0.717) is 11.4 Å². The lowest BCUT2D eigenvalue weighted by molar-refractivity contribution is 0.340. The van der Waals surface area contributed by atoms with Gasteiger partial charge >= 0.3 is 0 Å². The topological polar surface area (TPSA) is 64.6 Å². The Bertz CT molecular complexity index is 734. The molecule has 0 unspecified atom stereocenters. The fourth-order valence-corrected chi connectivity index (χ4v) is 3.09. The molecule has 1 N–H and O–H groups in total. The number of methoxy groups -OCH3 is 1. The summed E-state index contributed by atoms with van der Waals surface area (Å²) in [5, 5.41) is 0. The molecule has 23 heavy (non-hydrogen) atoms. The Morgan fingerprint density at radius 3 is 2.09 bits per heavy atom. The number of anilines is 1. The van der Waals surface area contributed by atoms with Crippen LogP contribution in [0.4, 0.5) is 5.69 Å². The highest BCUT2D eigenvalue weighted by molar-refractivity contribution is 7.92. The van der Waals surface area contributed by atoms with E-state index in [4.69, 9.17) is 9.47 Å². The quantitative estimate of drug-likeness (QED) is 0.844. The van der Waals surface area contributed by atoms with Crippen molar-refractivity contribution in [3.8, 4) is 11.5 Å². The second-order valence-electron chi connectivity index (χ2n) is 5.32. The minimum atomic E-state index is -3.45. The summed E-state index contributed by atoms with van der Waals surface area (Å²) in [7, 11) is -1.87. The largest absolute Gasteiger partial charge is 0.497 e. The Labute approximate surface area is 137 Å². The summed E-state index contributed by atoms with van der Waals surface area (Å²) < 4.78 is 37.3. The van der Waals surface area contributed by atoms with Gasteiger partial charge in [0.25, 0.3) is 0 Å². The number of nitrogens with one attached hydrogen (secondary N) is 1. The number of benzene rings is 2. The molecule has 0 atom stereocenters. The van der Waals surface area contributed by atoms with Gasteiger partial charge in [-0.25, -0.2) is 8.42 Å². The van der Waals surface area contributed by atoms with Crippen molar-refractivity contribution in [1.29, 1.82) is 0 Å². The summed E-state index contributed by atoms with van der Waals surface area (Å²) in [6.45, 7) is 3.93. The van der Waals surface area contributed by atoms with E-state index in [1.165, 1.54) is 0 Å². The lowest BCUT2D eigenvalue weighted by atomic mass is 10.1. The van der Waals surface area contributed by atoms with E-state index in [1.807, 2.05) is 19.9 Å². The molecule has 2 rings (SSSR count). The molecular weight excluding hydrogens is 314 g/mol. The number of hydrogen-bond donors (Lipinski definition) is 1. The Hall–Kier alpha value is -2.21. The van der Waals surface area contributed by atoms with Gasteiger partial charge in [-0.3, -0.25) is 4.72 Å². The smallest absolute Gasteiger partial charge is 0.236 e. The van der Waals surface area contributed by atoms with Gasteiger partial charge in [0.2, 0.25) is 10.0 Å². The maximum atomic E-state index is 12.1. The van der Waals surface area contributed by atoms with E-state index in [0.717, 1.165) is 16.9 Å². The molecule has 0 saturated heterocycles. The molecule has 2 aromatic rings. The SMILES string of the molecule is COc1ccc(OCCS(=O)(=O)Nc2cc(C)cc(C)c2)cc1. The minimum Gasteiger partial charge on any atom is -0.497 e. The number of ether oxygens (including phenoxy) is 2. The predicted molar refractivity (Wildman–Crippen MR) is 91.8 cm³/mol. The zero-order valence-corrected chi connectivity index (χ0v) is 14.3. The fourth-order valence-electron chi connectivity index (χ4n) is 2.21. The third-order valence-electron chi connectivity index (χ3n) is 3.18. The van der Waals surface area contributed by atoms with E-state index < -0.39 is 10.0 Å². The van der Waals surface area contributed by atoms with Crippen LogP contribution in [0.1, 0.15) is 11.1 Å². The second-order valence-corrected chi connectivity index (χ2v) is 7.16. The molecule has 0 amide bonds. The number of hydrogen-bond acceptors (Lipinski definition) is 4. The zero-order chi connectivity index (χ0) is 16.9. The summed E-state index contributed by atoms with van der Waals surface area (Å²) in [4.78, 5) is 0. The lowest BCUT2D eigenvalue weighted by Gasteiger charge is -2.11. The average Bonchev–Trinajstić information content (AvgIpc) is 2.46. The number of rotatable bonds is 7.